The highest BCUT2D eigenvalue weighted by Crippen LogP contribution is 2.26. The fourth-order valence-electron chi connectivity index (χ4n) is 2.71. The molecular formula is C14H25N3O3. The van der Waals surface area contributed by atoms with Gasteiger partial charge >= 0.3 is 0 Å². The summed E-state index contributed by atoms with van der Waals surface area (Å²) in [5, 5.41) is 13.8. The minimum Gasteiger partial charge on any atom is -0.481 e. The van der Waals surface area contributed by atoms with Crippen molar-refractivity contribution >= 4 is 0 Å². The van der Waals surface area contributed by atoms with Gasteiger partial charge in [-0.25, -0.2) is 4.68 Å². The molecule has 6 nitrogen and oxygen atoms in total. The SMILES string of the molecule is CCc1nn(C)c(OC)c1CN1CC(CO)OCC1C. The van der Waals surface area contributed by atoms with E-state index in [0.29, 0.717) is 12.6 Å². The zero-order valence-electron chi connectivity index (χ0n) is 12.8. The molecule has 1 aliphatic heterocycles. The van der Waals surface area contributed by atoms with E-state index >= 15 is 0 Å². The normalized spacial score (nSPS) is 24.1. The van der Waals surface area contributed by atoms with E-state index in [1.807, 2.05) is 7.05 Å². The van der Waals surface area contributed by atoms with E-state index < -0.39 is 0 Å². The predicted octanol–water partition coefficient (Wildman–Crippen LogP) is 0.573. The molecule has 114 valence electrons. The van der Waals surface area contributed by atoms with Crippen LogP contribution < -0.4 is 4.74 Å². The number of aromatic nitrogens is 2. The van der Waals surface area contributed by atoms with E-state index in [0.717, 1.165) is 36.6 Å². The highest BCUT2D eigenvalue weighted by atomic mass is 16.5. The topological polar surface area (TPSA) is 59.8 Å². The second kappa shape index (κ2) is 6.56. The molecule has 6 heteroatoms. The van der Waals surface area contributed by atoms with Crippen molar-refractivity contribution in [3.05, 3.63) is 11.3 Å². The summed E-state index contributed by atoms with van der Waals surface area (Å²) in [4.78, 5) is 2.32. The lowest BCUT2D eigenvalue weighted by atomic mass is 10.1. The third-order valence-electron chi connectivity index (χ3n) is 3.90. The van der Waals surface area contributed by atoms with Gasteiger partial charge in [0.25, 0.3) is 0 Å². The Labute approximate surface area is 120 Å². The molecule has 2 heterocycles. The van der Waals surface area contributed by atoms with Gasteiger partial charge in [0.15, 0.2) is 0 Å². The summed E-state index contributed by atoms with van der Waals surface area (Å²) in [5.74, 6) is 0.820. The maximum absolute atomic E-state index is 9.27. The molecule has 2 atom stereocenters. The Morgan fingerprint density at radius 3 is 2.85 bits per heavy atom. The molecule has 1 saturated heterocycles. The molecule has 0 bridgehead atoms. The van der Waals surface area contributed by atoms with Crippen LogP contribution in [0.15, 0.2) is 0 Å². The van der Waals surface area contributed by atoms with Crippen LogP contribution in [0.1, 0.15) is 25.1 Å². The van der Waals surface area contributed by atoms with Crippen molar-refractivity contribution < 1.29 is 14.6 Å². The van der Waals surface area contributed by atoms with Gasteiger partial charge in [-0.1, -0.05) is 6.92 Å². The maximum Gasteiger partial charge on any atom is 0.216 e. The summed E-state index contributed by atoms with van der Waals surface area (Å²) < 4.78 is 12.9. The molecule has 0 radical (unpaired) electrons. The minimum absolute atomic E-state index is 0.0635. The van der Waals surface area contributed by atoms with Crippen LogP contribution in [-0.2, 0) is 24.8 Å². The smallest absolute Gasteiger partial charge is 0.216 e. The summed E-state index contributed by atoms with van der Waals surface area (Å²) in [7, 11) is 3.58. The number of hydrogen-bond acceptors (Lipinski definition) is 5. The molecule has 0 spiro atoms. The first-order valence-corrected chi connectivity index (χ1v) is 7.15. The van der Waals surface area contributed by atoms with Crippen LogP contribution >= 0.6 is 0 Å². The van der Waals surface area contributed by atoms with Gasteiger partial charge in [0.2, 0.25) is 5.88 Å². The predicted molar refractivity (Wildman–Crippen MR) is 75.8 cm³/mol. The molecule has 1 N–H and O–H groups in total. The molecule has 1 aliphatic rings. The number of hydrogen-bond donors (Lipinski definition) is 1. The zero-order chi connectivity index (χ0) is 14.7. The van der Waals surface area contributed by atoms with Crippen molar-refractivity contribution in [2.24, 2.45) is 7.05 Å². The Morgan fingerprint density at radius 2 is 2.25 bits per heavy atom. The summed E-state index contributed by atoms with van der Waals surface area (Å²) >= 11 is 0. The number of rotatable bonds is 5. The summed E-state index contributed by atoms with van der Waals surface area (Å²) in [6.07, 6.45) is 0.785. The number of methoxy groups -OCH3 is 1. The average Bonchev–Trinajstić information content (AvgIpc) is 2.76. The van der Waals surface area contributed by atoms with Gasteiger partial charge in [-0.2, -0.15) is 5.10 Å². The van der Waals surface area contributed by atoms with E-state index in [-0.39, 0.29) is 12.7 Å². The van der Waals surface area contributed by atoms with Gasteiger partial charge in [-0.05, 0) is 13.3 Å². The number of aryl methyl sites for hydroxylation is 2. The van der Waals surface area contributed by atoms with E-state index in [4.69, 9.17) is 9.47 Å². The first-order valence-electron chi connectivity index (χ1n) is 7.15. The molecule has 2 rings (SSSR count). The summed E-state index contributed by atoms with van der Waals surface area (Å²) in [5.41, 5.74) is 2.21. The molecule has 0 aromatic carbocycles. The largest absolute Gasteiger partial charge is 0.481 e. The zero-order valence-corrected chi connectivity index (χ0v) is 12.8. The van der Waals surface area contributed by atoms with E-state index in [1.54, 1.807) is 11.8 Å². The van der Waals surface area contributed by atoms with Gasteiger partial charge in [-0.3, -0.25) is 4.90 Å². The molecule has 20 heavy (non-hydrogen) atoms. The van der Waals surface area contributed by atoms with Gasteiger partial charge in [0, 0.05) is 26.2 Å². The van der Waals surface area contributed by atoms with Crippen LogP contribution in [0.5, 0.6) is 5.88 Å². The van der Waals surface area contributed by atoms with Crippen molar-refractivity contribution in [3.63, 3.8) is 0 Å². The Kier molecular flexibility index (Phi) is 5.01. The van der Waals surface area contributed by atoms with Crippen molar-refractivity contribution in [1.82, 2.24) is 14.7 Å². The van der Waals surface area contributed by atoms with E-state index in [1.165, 1.54) is 0 Å². The molecule has 1 fully saturated rings. The number of nitrogens with zero attached hydrogens (tertiary/aromatic N) is 3. The molecule has 0 aliphatic carbocycles. The first kappa shape index (κ1) is 15.3. The third kappa shape index (κ3) is 2.97. The monoisotopic (exact) mass is 283 g/mol. The van der Waals surface area contributed by atoms with Gasteiger partial charge < -0.3 is 14.6 Å². The fourth-order valence-corrected chi connectivity index (χ4v) is 2.71. The van der Waals surface area contributed by atoms with Crippen molar-refractivity contribution in [2.75, 3.05) is 26.9 Å². The molecule has 0 saturated carbocycles. The maximum atomic E-state index is 9.27. The van der Waals surface area contributed by atoms with Crippen molar-refractivity contribution in [3.8, 4) is 5.88 Å². The lowest BCUT2D eigenvalue weighted by Crippen LogP contribution is -2.48. The van der Waals surface area contributed by atoms with Crippen LogP contribution in [0.25, 0.3) is 0 Å². The number of aliphatic hydroxyl groups excluding tert-OH is 1. The molecule has 0 amide bonds. The van der Waals surface area contributed by atoms with Gasteiger partial charge in [0.1, 0.15) is 0 Å². The Bertz CT molecular complexity index is 447. The molecule has 1 aromatic heterocycles. The minimum atomic E-state index is -0.0982. The van der Waals surface area contributed by atoms with Crippen LogP contribution in [0.3, 0.4) is 0 Å². The van der Waals surface area contributed by atoms with Gasteiger partial charge in [0.05, 0.1) is 37.7 Å². The van der Waals surface area contributed by atoms with Gasteiger partial charge in [-0.15, -0.1) is 0 Å². The second-order valence-corrected chi connectivity index (χ2v) is 5.33. The van der Waals surface area contributed by atoms with Crippen LogP contribution in [-0.4, -0.2) is 58.8 Å². The Morgan fingerprint density at radius 1 is 1.50 bits per heavy atom. The first-order chi connectivity index (χ1) is 9.60. The molecular weight excluding hydrogens is 258 g/mol. The highest BCUT2D eigenvalue weighted by Gasteiger charge is 2.28. The quantitative estimate of drug-likeness (QED) is 0.856. The Hall–Kier alpha value is -1.11. The average molecular weight is 283 g/mol. The third-order valence-corrected chi connectivity index (χ3v) is 3.90. The lowest BCUT2D eigenvalue weighted by molar-refractivity contribution is -0.0807. The van der Waals surface area contributed by atoms with Crippen molar-refractivity contribution in [2.45, 2.75) is 39.0 Å². The van der Waals surface area contributed by atoms with Crippen molar-refractivity contribution in [1.29, 1.82) is 0 Å². The van der Waals surface area contributed by atoms with Crippen LogP contribution in [0.2, 0.25) is 0 Å². The fraction of sp³-hybridized carbons (Fsp3) is 0.786. The van der Waals surface area contributed by atoms with E-state index in [9.17, 15) is 5.11 Å². The van der Waals surface area contributed by atoms with Crippen LogP contribution in [0, 0.1) is 0 Å². The molecule has 2 unspecified atom stereocenters. The van der Waals surface area contributed by atoms with Crippen LogP contribution in [0.4, 0.5) is 0 Å². The second-order valence-electron chi connectivity index (χ2n) is 5.33. The highest BCUT2D eigenvalue weighted by molar-refractivity contribution is 5.31. The number of morpholine rings is 1. The molecule has 1 aromatic rings. The summed E-state index contributed by atoms with van der Waals surface area (Å²) in [6.45, 7) is 6.47. The standard InChI is InChI=1S/C14H25N3O3/c1-5-13-12(14(19-4)16(3)15-13)7-17-6-11(8-18)20-9-10(17)2/h10-11,18H,5-9H2,1-4H3. The Balaban J connectivity index is 2.19. The summed E-state index contributed by atoms with van der Waals surface area (Å²) in [6, 6.07) is 0.326. The number of aliphatic hydroxyl groups is 1. The van der Waals surface area contributed by atoms with E-state index in [2.05, 4.69) is 23.8 Å². The lowest BCUT2D eigenvalue weighted by Gasteiger charge is -2.37. The number of ether oxygens (including phenoxy) is 2.